The van der Waals surface area contributed by atoms with Gasteiger partial charge in [0.2, 0.25) is 0 Å². The van der Waals surface area contributed by atoms with Crippen LogP contribution in [0.2, 0.25) is 0 Å². The number of nitrogens with zero attached hydrogens (tertiary/aromatic N) is 2. The van der Waals surface area contributed by atoms with Crippen LogP contribution in [-0.4, -0.2) is 12.6 Å². The summed E-state index contributed by atoms with van der Waals surface area (Å²) >= 11 is 0. The van der Waals surface area contributed by atoms with Gasteiger partial charge in [-0.05, 0) is 109 Å². The summed E-state index contributed by atoms with van der Waals surface area (Å²) in [6, 6.07) is 70.3. The third-order valence-electron chi connectivity index (χ3n) is 11.0. The van der Waals surface area contributed by atoms with Gasteiger partial charge in [-0.15, -0.1) is 0 Å². The molecular formula is C54H39N3O. The first-order valence-corrected chi connectivity index (χ1v) is 19.6. The molecule has 10 aromatic rings. The first-order valence-electron chi connectivity index (χ1n) is 19.6. The summed E-state index contributed by atoms with van der Waals surface area (Å²) in [4.78, 5) is 9.92. The van der Waals surface area contributed by atoms with E-state index in [0.29, 0.717) is 6.54 Å². The van der Waals surface area contributed by atoms with E-state index in [1.165, 1.54) is 27.5 Å². The Kier molecular flexibility index (Phi) is 9.13. The lowest BCUT2D eigenvalue weighted by Crippen LogP contribution is -2.28. The third-order valence-corrected chi connectivity index (χ3v) is 11.0. The maximum Gasteiger partial charge on any atom is 0.145 e. The molecule has 0 saturated carbocycles. The standard InChI is InChI=1S/C54H39N3O/c1-55-53(45-28-29-50-49(33-45)52-47-23-12-11-22-46(47)48(34-51(52)58-50)39-19-9-4-10-20-39)57-54(56-35-36-14-13-21-40(30-36)37-15-5-2-6-16-37)44-27-26-42-31-41(24-25-43(42)32-44)38-17-7-3-8-18-38/h2-34,53H,1,35H2,(H,56,57). The van der Waals surface area contributed by atoms with E-state index in [-0.39, 0.29) is 0 Å². The molecule has 0 bridgehead atoms. The minimum absolute atomic E-state index is 0.477. The zero-order chi connectivity index (χ0) is 38.8. The molecule has 58 heavy (non-hydrogen) atoms. The Bertz CT molecular complexity index is 3130. The van der Waals surface area contributed by atoms with E-state index < -0.39 is 6.17 Å². The largest absolute Gasteiger partial charge is 0.456 e. The van der Waals surface area contributed by atoms with Gasteiger partial charge in [-0.3, -0.25) is 9.98 Å². The molecular weight excluding hydrogens is 707 g/mol. The van der Waals surface area contributed by atoms with E-state index in [4.69, 9.17) is 9.41 Å². The molecule has 1 atom stereocenters. The van der Waals surface area contributed by atoms with Gasteiger partial charge in [0, 0.05) is 16.3 Å². The smallest absolute Gasteiger partial charge is 0.145 e. The van der Waals surface area contributed by atoms with E-state index in [1.807, 2.05) is 24.3 Å². The van der Waals surface area contributed by atoms with Crippen molar-refractivity contribution in [3.63, 3.8) is 0 Å². The van der Waals surface area contributed by atoms with Crippen LogP contribution >= 0.6 is 0 Å². The number of nitrogens with one attached hydrogen (secondary N) is 1. The van der Waals surface area contributed by atoms with Crippen LogP contribution < -0.4 is 5.32 Å². The number of furan rings is 1. The normalized spacial score (nSPS) is 12.3. The highest BCUT2D eigenvalue weighted by Gasteiger charge is 2.19. The number of amidine groups is 1. The van der Waals surface area contributed by atoms with Crippen LogP contribution in [0.4, 0.5) is 0 Å². The molecule has 0 spiro atoms. The Morgan fingerprint density at radius 1 is 0.500 bits per heavy atom. The van der Waals surface area contributed by atoms with Gasteiger partial charge in [-0.1, -0.05) is 164 Å². The highest BCUT2D eigenvalue weighted by molar-refractivity contribution is 6.22. The third kappa shape index (κ3) is 6.71. The monoisotopic (exact) mass is 745 g/mol. The molecule has 10 rings (SSSR count). The number of aliphatic imine (C=N–C) groups is 2. The van der Waals surface area contributed by atoms with E-state index in [9.17, 15) is 0 Å². The van der Waals surface area contributed by atoms with Crippen LogP contribution in [0.3, 0.4) is 0 Å². The van der Waals surface area contributed by atoms with Gasteiger partial charge in [0.25, 0.3) is 0 Å². The number of rotatable bonds is 9. The molecule has 0 fully saturated rings. The molecule has 276 valence electrons. The summed E-state index contributed by atoms with van der Waals surface area (Å²) in [6.45, 7) is 4.56. The number of hydrogen-bond donors (Lipinski definition) is 1. The summed E-state index contributed by atoms with van der Waals surface area (Å²) in [5, 5.41) is 10.5. The first kappa shape index (κ1) is 34.9. The Morgan fingerprint density at radius 3 is 1.88 bits per heavy atom. The summed E-state index contributed by atoms with van der Waals surface area (Å²) in [5.74, 6) is 0.742. The van der Waals surface area contributed by atoms with Crippen LogP contribution in [0, 0.1) is 0 Å². The second kappa shape index (κ2) is 15.2. The maximum absolute atomic E-state index is 6.56. The Morgan fingerprint density at radius 2 is 1.14 bits per heavy atom. The highest BCUT2D eigenvalue weighted by atomic mass is 16.3. The molecule has 0 aliphatic rings. The van der Waals surface area contributed by atoms with Crippen LogP contribution in [0.25, 0.3) is 76.9 Å². The molecule has 0 amide bonds. The molecule has 0 aliphatic heterocycles. The number of fused-ring (bicyclic) bond motifs is 6. The van der Waals surface area contributed by atoms with Crippen molar-refractivity contribution in [3.05, 3.63) is 217 Å². The average Bonchev–Trinajstić information content (AvgIpc) is 3.67. The molecule has 1 N–H and O–H groups in total. The van der Waals surface area contributed by atoms with Crippen molar-refractivity contribution in [2.75, 3.05) is 0 Å². The van der Waals surface area contributed by atoms with Crippen LogP contribution in [0.15, 0.2) is 215 Å². The van der Waals surface area contributed by atoms with Gasteiger partial charge in [0.05, 0.1) is 6.54 Å². The quantitative estimate of drug-likeness (QED) is 0.118. The summed E-state index contributed by atoms with van der Waals surface area (Å²) in [5.41, 5.74) is 11.8. The van der Waals surface area contributed by atoms with E-state index in [2.05, 4.69) is 193 Å². The van der Waals surface area contributed by atoms with Crippen molar-refractivity contribution in [1.29, 1.82) is 0 Å². The molecule has 1 unspecified atom stereocenters. The first-order chi connectivity index (χ1) is 28.7. The van der Waals surface area contributed by atoms with Gasteiger partial charge >= 0.3 is 0 Å². The topological polar surface area (TPSA) is 49.9 Å². The fourth-order valence-corrected chi connectivity index (χ4v) is 8.12. The van der Waals surface area contributed by atoms with Crippen LogP contribution in [0.1, 0.15) is 22.9 Å². The van der Waals surface area contributed by atoms with Gasteiger partial charge in [-0.2, -0.15) is 0 Å². The molecule has 4 nitrogen and oxygen atoms in total. The summed E-state index contributed by atoms with van der Waals surface area (Å²) < 4.78 is 6.56. The Balaban J connectivity index is 1.04. The molecule has 0 saturated heterocycles. The molecule has 9 aromatic carbocycles. The lowest BCUT2D eigenvalue weighted by molar-refractivity contribution is 0.666. The van der Waals surface area contributed by atoms with Crippen molar-refractivity contribution >= 4 is 56.0 Å². The van der Waals surface area contributed by atoms with E-state index in [0.717, 1.165) is 71.9 Å². The van der Waals surface area contributed by atoms with Crippen LogP contribution in [-0.2, 0) is 6.54 Å². The predicted molar refractivity (Wildman–Crippen MR) is 244 cm³/mol. The Hall–Kier alpha value is -7.56. The summed E-state index contributed by atoms with van der Waals surface area (Å²) in [7, 11) is 0. The van der Waals surface area contributed by atoms with Crippen molar-refractivity contribution < 1.29 is 4.42 Å². The van der Waals surface area contributed by atoms with Crippen molar-refractivity contribution in [1.82, 2.24) is 5.32 Å². The molecule has 1 heterocycles. The lowest BCUT2D eigenvalue weighted by Gasteiger charge is -2.19. The van der Waals surface area contributed by atoms with Gasteiger partial charge in [0.15, 0.2) is 0 Å². The van der Waals surface area contributed by atoms with E-state index >= 15 is 0 Å². The maximum atomic E-state index is 6.56. The minimum atomic E-state index is -0.477. The van der Waals surface area contributed by atoms with Gasteiger partial charge in [0.1, 0.15) is 23.2 Å². The van der Waals surface area contributed by atoms with Crippen molar-refractivity contribution in [3.8, 4) is 33.4 Å². The predicted octanol–water partition coefficient (Wildman–Crippen LogP) is 13.8. The molecule has 4 heteroatoms. The molecule has 0 radical (unpaired) electrons. The second-order valence-corrected chi connectivity index (χ2v) is 14.7. The highest BCUT2D eigenvalue weighted by Crippen LogP contribution is 2.41. The second-order valence-electron chi connectivity index (χ2n) is 14.7. The van der Waals surface area contributed by atoms with Gasteiger partial charge in [-0.25, -0.2) is 0 Å². The molecule has 1 aromatic heterocycles. The number of hydrogen-bond acceptors (Lipinski definition) is 3. The fourth-order valence-electron chi connectivity index (χ4n) is 8.12. The Labute approximate surface area is 337 Å². The van der Waals surface area contributed by atoms with Crippen molar-refractivity contribution in [2.45, 2.75) is 12.7 Å². The average molecular weight is 746 g/mol. The zero-order valence-corrected chi connectivity index (χ0v) is 31.8. The fraction of sp³-hybridized carbons (Fsp3) is 0.0370. The SMILES string of the molecule is C=NC(N/C(=N\Cc1cccc(-c2ccccc2)c1)c1ccc2cc(-c3ccccc3)ccc2c1)c1ccc2oc3cc(-c4ccccc4)c4ccccc4c3c2c1. The summed E-state index contributed by atoms with van der Waals surface area (Å²) in [6.07, 6.45) is -0.477. The zero-order valence-electron chi connectivity index (χ0n) is 31.8. The van der Waals surface area contributed by atoms with Gasteiger partial charge < -0.3 is 9.73 Å². The van der Waals surface area contributed by atoms with E-state index in [1.54, 1.807) is 0 Å². The van der Waals surface area contributed by atoms with Crippen LogP contribution in [0.5, 0.6) is 0 Å². The minimum Gasteiger partial charge on any atom is -0.456 e. The number of benzene rings is 9. The lowest BCUT2D eigenvalue weighted by atomic mass is 9.94. The molecule has 0 aliphatic carbocycles. The van der Waals surface area contributed by atoms with Crippen molar-refractivity contribution in [2.24, 2.45) is 9.98 Å².